The van der Waals surface area contributed by atoms with Crippen LogP contribution in [0.25, 0.3) is 0 Å². The summed E-state index contributed by atoms with van der Waals surface area (Å²) in [6.45, 7) is 4.38. The molecular weight excluding hydrogens is 264 g/mol. The summed E-state index contributed by atoms with van der Waals surface area (Å²) in [7, 11) is 0. The van der Waals surface area contributed by atoms with Crippen molar-refractivity contribution in [3.8, 4) is 0 Å². The van der Waals surface area contributed by atoms with Gasteiger partial charge in [0.25, 0.3) is 0 Å². The number of hydrogen-bond donors (Lipinski definition) is 3. The minimum absolute atomic E-state index is 0.433. The van der Waals surface area contributed by atoms with Gasteiger partial charge in [0.1, 0.15) is 6.04 Å². The second-order valence-corrected chi connectivity index (χ2v) is 5.23. The molecule has 0 spiro atoms. The van der Waals surface area contributed by atoms with Crippen molar-refractivity contribution in [1.82, 2.24) is 10.6 Å². The van der Waals surface area contributed by atoms with Crippen molar-refractivity contribution in [2.45, 2.75) is 45.7 Å². The highest BCUT2D eigenvalue weighted by Crippen LogP contribution is 2.16. The molecule has 1 aromatic rings. The van der Waals surface area contributed by atoms with E-state index in [1.165, 1.54) is 5.56 Å². The van der Waals surface area contributed by atoms with Crippen LogP contribution >= 0.6 is 11.3 Å². The zero-order valence-corrected chi connectivity index (χ0v) is 12.0. The first kappa shape index (κ1) is 15.5. The van der Waals surface area contributed by atoms with Crippen molar-refractivity contribution < 1.29 is 14.7 Å². The van der Waals surface area contributed by atoms with Gasteiger partial charge in [-0.2, -0.15) is 0 Å². The molecule has 19 heavy (non-hydrogen) atoms. The fraction of sp³-hybridized carbons (Fsp3) is 0.538. The third-order valence-corrected chi connectivity index (χ3v) is 3.77. The highest BCUT2D eigenvalue weighted by atomic mass is 32.1. The SMILES string of the molecule is CCCC(NC(=O)NCc1sccc1CC)C(=O)O. The van der Waals surface area contributed by atoms with E-state index in [1.807, 2.05) is 18.4 Å². The van der Waals surface area contributed by atoms with Crippen LogP contribution in [0, 0.1) is 0 Å². The van der Waals surface area contributed by atoms with Gasteiger partial charge in [-0.1, -0.05) is 20.3 Å². The number of carboxylic acid groups (broad SMARTS) is 1. The summed E-state index contributed by atoms with van der Waals surface area (Å²) in [5, 5.41) is 16.1. The maximum absolute atomic E-state index is 11.6. The lowest BCUT2D eigenvalue weighted by Gasteiger charge is -2.14. The quantitative estimate of drug-likeness (QED) is 0.719. The predicted molar refractivity (Wildman–Crippen MR) is 75.4 cm³/mol. The van der Waals surface area contributed by atoms with Crippen LogP contribution in [0.3, 0.4) is 0 Å². The van der Waals surface area contributed by atoms with Crippen molar-refractivity contribution in [2.24, 2.45) is 0 Å². The van der Waals surface area contributed by atoms with Crippen molar-refractivity contribution in [3.05, 3.63) is 21.9 Å². The van der Waals surface area contributed by atoms with Gasteiger partial charge in [-0.05, 0) is 29.9 Å². The van der Waals surface area contributed by atoms with Gasteiger partial charge in [0.05, 0.1) is 6.54 Å². The summed E-state index contributed by atoms with van der Waals surface area (Å²) < 4.78 is 0. The summed E-state index contributed by atoms with van der Waals surface area (Å²) in [4.78, 5) is 23.7. The van der Waals surface area contributed by atoms with Crippen LogP contribution in [-0.4, -0.2) is 23.1 Å². The van der Waals surface area contributed by atoms with Gasteiger partial charge in [-0.25, -0.2) is 9.59 Å². The fourth-order valence-corrected chi connectivity index (χ4v) is 2.67. The molecule has 1 aromatic heterocycles. The van der Waals surface area contributed by atoms with Crippen LogP contribution in [0.4, 0.5) is 4.79 Å². The lowest BCUT2D eigenvalue weighted by molar-refractivity contribution is -0.139. The standard InChI is InChI=1S/C13H20N2O3S/c1-3-5-10(12(16)17)15-13(18)14-8-11-9(4-2)6-7-19-11/h6-7,10H,3-5,8H2,1-2H3,(H,16,17)(H2,14,15,18). The molecule has 0 saturated carbocycles. The molecule has 0 aliphatic rings. The van der Waals surface area contributed by atoms with Crippen LogP contribution < -0.4 is 10.6 Å². The Kier molecular flexibility index (Phi) is 6.35. The Morgan fingerprint density at radius 2 is 2.16 bits per heavy atom. The van der Waals surface area contributed by atoms with E-state index in [0.717, 1.165) is 11.3 Å². The molecule has 0 bridgehead atoms. The largest absolute Gasteiger partial charge is 0.480 e. The normalized spacial score (nSPS) is 11.9. The molecule has 0 aromatic carbocycles. The summed E-state index contributed by atoms with van der Waals surface area (Å²) in [5.41, 5.74) is 1.22. The molecule has 5 nitrogen and oxygen atoms in total. The Labute approximate surface area is 117 Å². The Hall–Kier alpha value is -1.56. The van der Waals surface area contributed by atoms with E-state index in [2.05, 4.69) is 17.6 Å². The Balaban J connectivity index is 2.44. The predicted octanol–water partition coefficient (Wildman–Crippen LogP) is 2.36. The molecule has 0 aliphatic carbocycles. The average Bonchev–Trinajstić information content (AvgIpc) is 2.83. The van der Waals surface area contributed by atoms with Gasteiger partial charge >= 0.3 is 12.0 Å². The smallest absolute Gasteiger partial charge is 0.326 e. The highest BCUT2D eigenvalue weighted by molar-refractivity contribution is 7.10. The number of nitrogens with one attached hydrogen (secondary N) is 2. The molecule has 0 fully saturated rings. The molecule has 6 heteroatoms. The molecule has 106 valence electrons. The lowest BCUT2D eigenvalue weighted by Crippen LogP contribution is -2.45. The number of aliphatic carboxylic acids is 1. The minimum Gasteiger partial charge on any atom is -0.480 e. The summed E-state index contributed by atoms with van der Waals surface area (Å²) in [5.74, 6) is -0.998. The fourth-order valence-electron chi connectivity index (χ4n) is 1.75. The highest BCUT2D eigenvalue weighted by Gasteiger charge is 2.18. The van der Waals surface area contributed by atoms with Crippen molar-refractivity contribution in [1.29, 1.82) is 0 Å². The Bertz CT molecular complexity index is 431. The lowest BCUT2D eigenvalue weighted by atomic mass is 10.2. The second kappa shape index (κ2) is 7.78. The second-order valence-electron chi connectivity index (χ2n) is 4.23. The maximum atomic E-state index is 11.6. The number of carbonyl (C=O) groups is 2. The average molecular weight is 284 g/mol. The first-order chi connectivity index (χ1) is 9.08. The summed E-state index contributed by atoms with van der Waals surface area (Å²) in [6, 6.07) is 0.784. The molecule has 0 aliphatic heterocycles. The third kappa shape index (κ3) is 4.90. The van der Waals surface area contributed by atoms with Crippen molar-refractivity contribution in [3.63, 3.8) is 0 Å². The van der Waals surface area contributed by atoms with Gasteiger partial charge in [-0.3, -0.25) is 0 Å². The number of urea groups is 1. The van der Waals surface area contributed by atoms with Crippen LogP contribution in [0.2, 0.25) is 0 Å². The topological polar surface area (TPSA) is 78.4 Å². The van der Waals surface area contributed by atoms with Crippen molar-refractivity contribution in [2.75, 3.05) is 0 Å². The Morgan fingerprint density at radius 3 is 2.74 bits per heavy atom. The van der Waals surface area contributed by atoms with E-state index in [1.54, 1.807) is 11.3 Å². The summed E-state index contributed by atoms with van der Waals surface area (Å²) >= 11 is 1.59. The van der Waals surface area contributed by atoms with Crippen LogP contribution in [0.15, 0.2) is 11.4 Å². The molecule has 3 N–H and O–H groups in total. The monoisotopic (exact) mass is 284 g/mol. The number of aryl methyl sites for hydroxylation is 1. The van der Waals surface area contributed by atoms with Crippen LogP contribution in [-0.2, 0) is 17.8 Å². The molecule has 0 radical (unpaired) electrons. The van der Waals surface area contributed by atoms with Gasteiger partial charge in [0.2, 0.25) is 0 Å². The number of hydrogen-bond acceptors (Lipinski definition) is 3. The molecular formula is C13H20N2O3S. The maximum Gasteiger partial charge on any atom is 0.326 e. The van der Waals surface area contributed by atoms with E-state index in [-0.39, 0.29) is 0 Å². The number of carbonyl (C=O) groups excluding carboxylic acids is 1. The summed E-state index contributed by atoms with van der Waals surface area (Å²) in [6.07, 6.45) is 2.07. The van der Waals surface area contributed by atoms with Crippen LogP contribution in [0.1, 0.15) is 37.1 Å². The molecule has 1 atom stereocenters. The zero-order valence-electron chi connectivity index (χ0n) is 11.2. The van der Waals surface area contributed by atoms with Gasteiger partial charge in [0, 0.05) is 4.88 Å². The van der Waals surface area contributed by atoms with Gasteiger partial charge in [-0.15, -0.1) is 11.3 Å². The van der Waals surface area contributed by atoms with Crippen LogP contribution in [0.5, 0.6) is 0 Å². The molecule has 0 saturated heterocycles. The first-order valence-electron chi connectivity index (χ1n) is 6.40. The van der Waals surface area contributed by atoms with Gasteiger partial charge < -0.3 is 15.7 Å². The number of amides is 2. The number of carboxylic acids is 1. The molecule has 1 heterocycles. The molecule has 2 amide bonds. The van der Waals surface area contributed by atoms with Crippen molar-refractivity contribution >= 4 is 23.3 Å². The number of thiophene rings is 1. The minimum atomic E-state index is -0.998. The number of rotatable bonds is 7. The third-order valence-electron chi connectivity index (χ3n) is 2.81. The van der Waals surface area contributed by atoms with E-state index in [4.69, 9.17) is 5.11 Å². The first-order valence-corrected chi connectivity index (χ1v) is 7.28. The van der Waals surface area contributed by atoms with E-state index in [0.29, 0.717) is 19.4 Å². The van der Waals surface area contributed by atoms with E-state index < -0.39 is 18.0 Å². The zero-order chi connectivity index (χ0) is 14.3. The van der Waals surface area contributed by atoms with E-state index >= 15 is 0 Å². The molecule has 1 rings (SSSR count). The molecule has 1 unspecified atom stereocenters. The van der Waals surface area contributed by atoms with Gasteiger partial charge in [0.15, 0.2) is 0 Å². The van der Waals surface area contributed by atoms with E-state index in [9.17, 15) is 9.59 Å². The Morgan fingerprint density at radius 1 is 1.42 bits per heavy atom.